The second-order valence-electron chi connectivity index (χ2n) is 5.93. The van der Waals surface area contributed by atoms with Gasteiger partial charge in [0.2, 0.25) is 11.3 Å². The molecule has 0 radical (unpaired) electrons. The Balaban J connectivity index is 1.88. The van der Waals surface area contributed by atoms with E-state index >= 15 is 0 Å². The van der Waals surface area contributed by atoms with Crippen molar-refractivity contribution in [1.29, 1.82) is 0 Å². The molecule has 0 saturated heterocycles. The monoisotopic (exact) mass is 362 g/mol. The molecule has 0 fully saturated rings. The highest BCUT2D eigenvalue weighted by molar-refractivity contribution is 5.96. The van der Waals surface area contributed by atoms with Crippen LogP contribution in [0.4, 0.5) is 5.69 Å². The van der Waals surface area contributed by atoms with Gasteiger partial charge in [-0.2, -0.15) is 0 Å². The number of hydrogen-bond acceptors (Lipinski definition) is 6. The molecule has 2 aromatic rings. The van der Waals surface area contributed by atoms with Gasteiger partial charge in [0.15, 0.2) is 5.56 Å². The van der Waals surface area contributed by atoms with Crippen molar-refractivity contribution in [3.8, 4) is 5.88 Å². The van der Waals surface area contributed by atoms with Crippen LogP contribution in [0.1, 0.15) is 16.8 Å². The van der Waals surface area contributed by atoms with E-state index in [0.717, 1.165) is 12.1 Å². The molecule has 140 valence electrons. The van der Waals surface area contributed by atoms with Crippen molar-refractivity contribution in [1.82, 2.24) is 4.57 Å². The average Bonchev–Trinajstić information content (AvgIpc) is 2.64. The summed E-state index contributed by atoms with van der Waals surface area (Å²) >= 11 is 0. The molecule has 1 aliphatic heterocycles. The number of carboxylic acid groups (broad SMARTS) is 1. The smallest absolute Gasteiger partial charge is 0.345 e. The number of hydrogen-bond donors (Lipinski definition) is 2. The van der Waals surface area contributed by atoms with Crippen LogP contribution in [-0.2, 0) is 16.0 Å². The largest absolute Gasteiger partial charge is 0.478 e. The van der Waals surface area contributed by atoms with Gasteiger partial charge < -0.3 is 29.2 Å². The molecule has 0 saturated carbocycles. The summed E-state index contributed by atoms with van der Waals surface area (Å²) in [7, 11) is 1.62. The molecule has 0 aliphatic carbocycles. The van der Waals surface area contributed by atoms with Crippen molar-refractivity contribution in [2.24, 2.45) is 0 Å². The molecule has 0 unspecified atom stereocenters. The minimum Gasteiger partial charge on any atom is -0.478 e. The Hall–Kier alpha value is -2.58. The van der Waals surface area contributed by atoms with Crippen LogP contribution in [0.2, 0.25) is 0 Å². The number of methoxy groups -OCH3 is 1. The summed E-state index contributed by atoms with van der Waals surface area (Å²) in [6, 6.07) is 5.26. The molecule has 8 nitrogen and oxygen atoms in total. The fourth-order valence-corrected chi connectivity index (χ4v) is 3.00. The Morgan fingerprint density at radius 1 is 1.35 bits per heavy atom. The summed E-state index contributed by atoms with van der Waals surface area (Å²) in [5.41, 5.74) is 0.676. The number of nitrogens with one attached hydrogen (secondary N) is 1. The van der Waals surface area contributed by atoms with Gasteiger partial charge in [-0.3, -0.25) is 4.79 Å². The lowest BCUT2D eigenvalue weighted by atomic mass is 10.1. The summed E-state index contributed by atoms with van der Waals surface area (Å²) in [4.78, 5) is 24.1. The predicted octanol–water partition coefficient (Wildman–Crippen LogP) is 1.56. The molecule has 0 bridgehead atoms. The number of aryl methyl sites for hydroxylation is 1. The number of benzene rings is 1. The van der Waals surface area contributed by atoms with Gasteiger partial charge in [0.05, 0.1) is 31.9 Å². The lowest BCUT2D eigenvalue weighted by Gasteiger charge is -2.23. The molecule has 26 heavy (non-hydrogen) atoms. The molecular formula is C18H22N2O6. The molecule has 3 rings (SSSR count). The fourth-order valence-electron chi connectivity index (χ4n) is 3.00. The SMILES string of the molecule is COCCOCCNc1ccc2c(=O)c(C(=O)O)c3n(c2c1)CCCO3. The lowest BCUT2D eigenvalue weighted by Crippen LogP contribution is -2.26. The van der Waals surface area contributed by atoms with Crippen LogP contribution in [0.25, 0.3) is 10.9 Å². The first-order valence-electron chi connectivity index (χ1n) is 8.50. The molecule has 2 N–H and O–H groups in total. The van der Waals surface area contributed by atoms with Crippen molar-refractivity contribution in [3.63, 3.8) is 0 Å². The van der Waals surface area contributed by atoms with E-state index in [1.165, 1.54) is 0 Å². The highest BCUT2D eigenvalue weighted by Gasteiger charge is 2.25. The zero-order valence-corrected chi connectivity index (χ0v) is 14.6. The van der Waals surface area contributed by atoms with Crippen LogP contribution in [0.5, 0.6) is 5.88 Å². The number of pyridine rings is 1. The lowest BCUT2D eigenvalue weighted by molar-refractivity contribution is 0.0686. The van der Waals surface area contributed by atoms with E-state index in [0.29, 0.717) is 50.4 Å². The third-order valence-electron chi connectivity index (χ3n) is 4.21. The molecule has 8 heteroatoms. The van der Waals surface area contributed by atoms with Gasteiger partial charge in [0.1, 0.15) is 0 Å². The number of aromatic nitrogens is 1. The summed E-state index contributed by atoms with van der Waals surface area (Å²) in [6.45, 7) is 3.24. The van der Waals surface area contributed by atoms with Gasteiger partial charge in [-0.25, -0.2) is 4.79 Å². The van der Waals surface area contributed by atoms with Gasteiger partial charge in [-0.1, -0.05) is 0 Å². The zero-order chi connectivity index (χ0) is 18.5. The van der Waals surface area contributed by atoms with E-state index in [9.17, 15) is 14.7 Å². The van der Waals surface area contributed by atoms with Crippen LogP contribution in [0.15, 0.2) is 23.0 Å². The number of anilines is 1. The maximum absolute atomic E-state index is 12.6. The van der Waals surface area contributed by atoms with Crippen molar-refractivity contribution in [3.05, 3.63) is 34.0 Å². The highest BCUT2D eigenvalue weighted by Crippen LogP contribution is 2.28. The first-order valence-corrected chi connectivity index (χ1v) is 8.50. The Morgan fingerprint density at radius 2 is 2.19 bits per heavy atom. The average molecular weight is 362 g/mol. The fraction of sp³-hybridized carbons (Fsp3) is 0.444. The van der Waals surface area contributed by atoms with Gasteiger partial charge in [-0.15, -0.1) is 0 Å². The number of fused-ring (bicyclic) bond motifs is 3. The Morgan fingerprint density at radius 3 is 2.96 bits per heavy atom. The molecule has 1 aromatic carbocycles. The topological polar surface area (TPSA) is 99.0 Å². The molecule has 0 amide bonds. The summed E-state index contributed by atoms with van der Waals surface area (Å²) in [6.07, 6.45) is 0.759. The van der Waals surface area contributed by atoms with E-state index in [1.54, 1.807) is 23.8 Å². The van der Waals surface area contributed by atoms with Gasteiger partial charge >= 0.3 is 5.97 Å². The normalized spacial score (nSPS) is 13.3. The first-order chi connectivity index (χ1) is 12.6. The second-order valence-corrected chi connectivity index (χ2v) is 5.93. The van der Waals surface area contributed by atoms with Crippen LogP contribution in [-0.4, -0.2) is 55.7 Å². The maximum atomic E-state index is 12.6. The summed E-state index contributed by atoms with van der Waals surface area (Å²) in [5.74, 6) is -1.13. The summed E-state index contributed by atoms with van der Waals surface area (Å²) < 4.78 is 17.6. The van der Waals surface area contributed by atoms with Crippen LogP contribution in [0, 0.1) is 0 Å². The van der Waals surface area contributed by atoms with Crippen LogP contribution >= 0.6 is 0 Å². The molecule has 0 atom stereocenters. The minimum atomic E-state index is -1.27. The maximum Gasteiger partial charge on any atom is 0.345 e. The Bertz CT molecular complexity index is 861. The second kappa shape index (κ2) is 8.20. The third-order valence-corrected chi connectivity index (χ3v) is 4.21. The quantitative estimate of drug-likeness (QED) is 0.688. The minimum absolute atomic E-state index is 0.140. The Labute approximate surface area is 150 Å². The van der Waals surface area contributed by atoms with E-state index in [2.05, 4.69) is 5.32 Å². The molecule has 1 aromatic heterocycles. The van der Waals surface area contributed by atoms with Gasteiger partial charge in [-0.05, 0) is 24.6 Å². The molecular weight excluding hydrogens is 340 g/mol. The van der Waals surface area contributed by atoms with Crippen molar-refractivity contribution in [2.75, 3.05) is 45.4 Å². The Kier molecular flexibility index (Phi) is 5.75. The van der Waals surface area contributed by atoms with Crippen LogP contribution in [0.3, 0.4) is 0 Å². The van der Waals surface area contributed by atoms with Gasteiger partial charge in [0.25, 0.3) is 0 Å². The van der Waals surface area contributed by atoms with E-state index in [1.807, 2.05) is 6.07 Å². The van der Waals surface area contributed by atoms with E-state index in [4.69, 9.17) is 14.2 Å². The van der Waals surface area contributed by atoms with Crippen LogP contribution < -0.4 is 15.5 Å². The number of carbonyl (C=O) groups is 1. The third kappa shape index (κ3) is 3.66. The number of ether oxygens (including phenoxy) is 3. The zero-order valence-electron chi connectivity index (χ0n) is 14.6. The number of aromatic carboxylic acids is 1. The van der Waals surface area contributed by atoms with Gasteiger partial charge in [0, 0.05) is 31.3 Å². The van der Waals surface area contributed by atoms with Crippen molar-refractivity contribution >= 4 is 22.6 Å². The molecule has 0 spiro atoms. The molecule has 2 heterocycles. The number of carboxylic acids is 1. The summed E-state index contributed by atoms with van der Waals surface area (Å²) in [5, 5.41) is 13.0. The standard InChI is InChI=1S/C18H22N2O6/c1-24-9-10-25-8-5-19-12-3-4-13-14(11-12)20-6-2-7-26-17(20)15(16(13)21)18(22)23/h3-4,11,19H,2,5-10H2,1H3,(H,22,23). The highest BCUT2D eigenvalue weighted by atomic mass is 16.5. The van der Waals surface area contributed by atoms with E-state index in [-0.39, 0.29) is 11.4 Å². The van der Waals surface area contributed by atoms with Crippen molar-refractivity contribution < 1.29 is 24.1 Å². The number of nitrogens with zero attached hydrogens (tertiary/aromatic N) is 1. The van der Waals surface area contributed by atoms with E-state index < -0.39 is 11.4 Å². The first kappa shape index (κ1) is 18.2. The predicted molar refractivity (Wildman–Crippen MR) is 96.5 cm³/mol. The van der Waals surface area contributed by atoms with Crippen molar-refractivity contribution in [2.45, 2.75) is 13.0 Å². The number of rotatable bonds is 8. The molecule has 1 aliphatic rings.